The monoisotopic (exact) mass is 369 g/mol. The van der Waals surface area contributed by atoms with Crippen molar-refractivity contribution in [1.82, 2.24) is 0 Å². The van der Waals surface area contributed by atoms with Crippen LogP contribution in [0.2, 0.25) is 0 Å². The zero-order valence-electron chi connectivity index (χ0n) is 14.4. The third kappa shape index (κ3) is 3.70. The van der Waals surface area contributed by atoms with Crippen LogP contribution >= 0.6 is 11.3 Å². The summed E-state index contributed by atoms with van der Waals surface area (Å²) >= 11 is 1.41. The van der Waals surface area contributed by atoms with Gasteiger partial charge in [-0.25, -0.2) is 0 Å². The smallest absolute Gasteiger partial charge is 0.262 e. The fraction of sp³-hybridized carbons (Fsp3) is 0.316. The lowest BCUT2D eigenvalue weighted by atomic mass is 9.88. The molecular formula is C19H19N3O3S. The molecule has 2 amide bonds. The van der Waals surface area contributed by atoms with Gasteiger partial charge in [0.25, 0.3) is 11.8 Å². The minimum Gasteiger partial charge on any atom is -0.482 e. The number of amides is 2. The maximum absolute atomic E-state index is 12.3. The Morgan fingerprint density at radius 1 is 1.42 bits per heavy atom. The molecule has 0 saturated carbocycles. The topological polar surface area (TPSA) is 105 Å². The molecular weight excluding hydrogens is 350 g/mol. The molecule has 1 heterocycles. The van der Waals surface area contributed by atoms with Crippen LogP contribution in [-0.2, 0) is 17.6 Å². The van der Waals surface area contributed by atoms with E-state index in [2.05, 4.69) is 12.2 Å². The Kier molecular flexibility index (Phi) is 5.24. The summed E-state index contributed by atoms with van der Waals surface area (Å²) in [7, 11) is 0. The van der Waals surface area contributed by atoms with Crippen LogP contribution in [0, 0.1) is 17.2 Å². The van der Waals surface area contributed by atoms with Crippen molar-refractivity contribution in [1.29, 1.82) is 5.26 Å². The van der Waals surface area contributed by atoms with Crippen LogP contribution in [0.5, 0.6) is 5.75 Å². The molecule has 2 aromatic rings. The number of fused-ring (bicyclic) bond motifs is 1. The fourth-order valence-corrected chi connectivity index (χ4v) is 4.52. The highest BCUT2D eigenvalue weighted by molar-refractivity contribution is 7.17. The maximum atomic E-state index is 12.3. The van der Waals surface area contributed by atoms with E-state index in [1.807, 2.05) is 6.07 Å². The molecule has 7 heteroatoms. The van der Waals surface area contributed by atoms with E-state index >= 15 is 0 Å². The van der Waals surface area contributed by atoms with E-state index in [0.29, 0.717) is 27.8 Å². The van der Waals surface area contributed by atoms with E-state index in [9.17, 15) is 9.59 Å². The number of nitrogens with zero attached hydrogens (tertiary/aromatic N) is 1. The number of carbonyl (C=O) groups excluding carboxylic acids is 2. The molecule has 1 aliphatic carbocycles. The van der Waals surface area contributed by atoms with Crippen LogP contribution in [0.4, 0.5) is 5.00 Å². The number of hydrogen-bond donors (Lipinski definition) is 2. The van der Waals surface area contributed by atoms with Gasteiger partial charge >= 0.3 is 0 Å². The highest BCUT2D eigenvalue weighted by Crippen LogP contribution is 2.39. The van der Waals surface area contributed by atoms with E-state index in [1.165, 1.54) is 11.3 Å². The van der Waals surface area contributed by atoms with Gasteiger partial charge in [-0.15, -0.1) is 11.3 Å². The number of carbonyl (C=O) groups is 2. The van der Waals surface area contributed by atoms with Crippen LogP contribution < -0.4 is 15.8 Å². The molecule has 26 heavy (non-hydrogen) atoms. The van der Waals surface area contributed by atoms with Gasteiger partial charge in [-0.3, -0.25) is 9.59 Å². The molecule has 1 aromatic carbocycles. The summed E-state index contributed by atoms with van der Waals surface area (Å²) in [5, 5.41) is 12.3. The molecule has 1 atom stereocenters. The number of anilines is 1. The average Bonchev–Trinajstić information content (AvgIpc) is 2.97. The standard InChI is InChI=1S/C19H19N3O3S/c1-11-6-7-13-15(8-11)26-19(17(13)18(21)24)22-16(23)10-25-14-5-3-2-4-12(14)9-20/h2-5,11H,6-8,10H2,1H3,(H2,21,24)(H,22,23)/t11-/m1/s1. The SMILES string of the molecule is C[C@@H]1CCc2c(sc(NC(=O)COc3ccccc3C#N)c2C(N)=O)C1. The summed E-state index contributed by atoms with van der Waals surface area (Å²) in [4.78, 5) is 25.3. The summed E-state index contributed by atoms with van der Waals surface area (Å²) in [5.41, 5.74) is 7.29. The zero-order valence-corrected chi connectivity index (χ0v) is 15.2. The van der Waals surface area contributed by atoms with Gasteiger partial charge in [0.05, 0.1) is 11.1 Å². The lowest BCUT2D eigenvalue weighted by Crippen LogP contribution is -2.23. The molecule has 0 spiro atoms. The second-order valence-electron chi connectivity index (χ2n) is 6.36. The van der Waals surface area contributed by atoms with Gasteiger partial charge in [0.1, 0.15) is 16.8 Å². The molecule has 0 aliphatic heterocycles. The predicted molar refractivity (Wildman–Crippen MR) is 99.3 cm³/mol. The number of nitrogens with one attached hydrogen (secondary N) is 1. The number of hydrogen-bond acceptors (Lipinski definition) is 5. The Bertz CT molecular complexity index is 898. The fourth-order valence-electron chi connectivity index (χ4n) is 3.09. The predicted octanol–water partition coefficient (Wildman–Crippen LogP) is 2.86. The first kappa shape index (κ1) is 18.0. The number of thiophene rings is 1. The molecule has 3 rings (SSSR count). The van der Waals surface area contributed by atoms with Gasteiger partial charge in [-0.05, 0) is 42.9 Å². The Morgan fingerprint density at radius 2 is 2.19 bits per heavy atom. The second-order valence-corrected chi connectivity index (χ2v) is 7.47. The van der Waals surface area contributed by atoms with Crippen LogP contribution in [0.3, 0.4) is 0 Å². The van der Waals surface area contributed by atoms with Crippen molar-refractivity contribution in [2.45, 2.75) is 26.2 Å². The van der Waals surface area contributed by atoms with Crippen molar-refractivity contribution < 1.29 is 14.3 Å². The highest BCUT2D eigenvalue weighted by Gasteiger charge is 2.27. The largest absolute Gasteiger partial charge is 0.482 e. The number of nitrogens with two attached hydrogens (primary N) is 1. The number of para-hydroxylation sites is 1. The van der Waals surface area contributed by atoms with E-state index in [0.717, 1.165) is 29.7 Å². The summed E-state index contributed by atoms with van der Waals surface area (Å²) in [5.74, 6) is -0.0224. The first-order chi connectivity index (χ1) is 12.5. The van der Waals surface area contributed by atoms with Crippen molar-refractivity contribution in [3.8, 4) is 11.8 Å². The third-order valence-corrected chi connectivity index (χ3v) is 5.55. The number of primary amides is 1. The van der Waals surface area contributed by atoms with E-state index in [4.69, 9.17) is 15.7 Å². The number of nitriles is 1. The molecule has 3 N–H and O–H groups in total. The molecule has 0 bridgehead atoms. The minimum atomic E-state index is -0.525. The summed E-state index contributed by atoms with van der Waals surface area (Å²) in [6.07, 6.45) is 2.70. The molecule has 1 aliphatic rings. The molecule has 0 saturated heterocycles. The van der Waals surface area contributed by atoms with Crippen molar-refractivity contribution in [3.05, 3.63) is 45.8 Å². The summed E-state index contributed by atoms with van der Waals surface area (Å²) in [6, 6.07) is 8.72. The van der Waals surface area contributed by atoms with Crippen molar-refractivity contribution in [3.63, 3.8) is 0 Å². The van der Waals surface area contributed by atoms with Crippen LogP contribution in [0.15, 0.2) is 24.3 Å². The first-order valence-electron chi connectivity index (χ1n) is 8.35. The third-order valence-electron chi connectivity index (χ3n) is 4.38. The van der Waals surface area contributed by atoms with Gasteiger partial charge in [0.2, 0.25) is 0 Å². The van der Waals surface area contributed by atoms with Gasteiger partial charge in [-0.1, -0.05) is 19.1 Å². The van der Waals surface area contributed by atoms with Gasteiger partial charge < -0.3 is 15.8 Å². The molecule has 1 aromatic heterocycles. The van der Waals surface area contributed by atoms with Crippen molar-refractivity contribution in [2.75, 3.05) is 11.9 Å². The van der Waals surface area contributed by atoms with Crippen LogP contribution in [-0.4, -0.2) is 18.4 Å². The van der Waals surface area contributed by atoms with Crippen molar-refractivity contribution >= 4 is 28.2 Å². The van der Waals surface area contributed by atoms with Crippen LogP contribution in [0.25, 0.3) is 0 Å². The quantitative estimate of drug-likeness (QED) is 0.845. The molecule has 134 valence electrons. The first-order valence-corrected chi connectivity index (χ1v) is 9.17. The second kappa shape index (κ2) is 7.58. The molecule has 0 fully saturated rings. The van der Waals surface area contributed by atoms with E-state index in [1.54, 1.807) is 24.3 Å². The minimum absolute atomic E-state index is 0.254. The normalized spacial score (nSPS) is 15.6. The zero-order chi connectivity index (χ0) is 18.7. The number of ether oxygens (including phenoxy) is 1. The lowest BCUT2D eigenvalue weighted by Gasteiger charge is -2.18. The summed E-state index contributed by atoms with van der Waals surface area (Å²) in [6.45, 7) is 1.92. The van der Waals surface area contributed by atoms with E-state index in [-0.39, 0.29) is 6.61 Å². The number of benzene rings is 1. The average molecular weight is 369 g/mol. The van der Waals surface area contributed by atoms with Gasteiger partial charge in [-0.2, -0.15) is 5.26 Å². The van der Waals surface area contributed by atoms with Gasteiger partial charge in [0.15, 0.2) is 6.61 Å². The Labute approximate surface area is 155 Å². The molecule has 0 radical (unpaired) electrons. The van der Waals surface area contributed by atoms with Gasteiger partial charge in [0, 0.05) is 4.88 Å². The maximum Gasteiger partial charge on any atom is 0.262 e. The molecule has 6 nitrogen and oxygen atoms in total. The Hall–Kier alpha value is -2.85. The number of rotatable bonds is 5. The van der Waals surface area contributed by atoms with Crippen molar-refractivity contribution in [2.24, 2.45) is 11.7 Å². The Morgan fingerprint density at radius 3 is 2.92 bits per heavy atom. The lowest BCUT2D eigenvalue weighted by molar-refractivity contribution is -0.118. The van der Waals surface area contributed by atoms with E-state index < -0.39 is 11.8 Å². The van der Waals surface area contributed by atoms with Crippen LogP contribution in [0.1, 0.15) is 39.7 Å². The molecule has 0 unspecified atom stereocenters. The Balaban J connectivity index is 1.73. The summed E-state index contributed by atoms with van der Waals surface area (Å²) < 4.78 is 5.44. The highest BCUT2D eigenvalue weighted by atomic mass is 32.1.